The van der Waals surface area contributed by atoms with Gasteiger partial charge < -0.3 is 4.74 Å². The first-order valence-corrected chi connectivity index (χ1v) is 5.45. The normalized spacial score (nSPS) is 12.3. The van der Waals surface area contributed by atoms with Crippen LogP contribution in [-0.4, -0.2) is 17.2 Å². The van der Waals surface area contributed by atoms with Crippen LogP contribution in [0.15, 0.2) is 18.2 Å². The van der Waals surface area contributed by atoms with Gasteiger partial charge in [-0.25, -0.2) is 0 Å². The molecule has 76 valence electrons. The Morgan fingerprint density at radius 2 is 2.21 bits per heavy atom. The van der Waals surface area contributed by atoms with Gasteiger partial charge >= 0.3 is 0 Å². The molecule has 0 bridgehead atoms. The van der Waals surface area contributed by atoms with Crippen molar-refractivity contribution in [1.82, 2.24) is 0 Å². The quantitative estimate of drug-likeness (QED) is 0.630. The third kappa shape index (κ3) is 2.62. The molecule has 1 aromatic carbocycles. The zero-order chi connectivity index (χ0) is 10.7. The van der Waals surface area contributed by atoms with E-state index >= 15 is 0 Å². The molecular weight excluding hydrogens is 291 g/mol. The summed E-state index contributed by atoms with van der Waals surface area (Å²) >= 11 is 14.4. The molecule has 0 amide bonds. The van der Waals surface area contributed by atoms with Crippen LogP contribution in [0.5, 0.6) is 5.75 Å². The Hall–Kier alpha value is -0.250. The maximum absolute atomic E-state index is 11.6. The van der Waals surface area contributed by atoms with Crippen LogP contribution in [0.3, 0.4) is 0 Å². The minimum absolute atomic E-state index is 0.272. The van der Waals surface area contributed by atoms with E-state index in [1.54, 1.807) is 12.1 Å². The van der Waals surface area contributed by atoms with Gasteiger partial charge in [0, 0.05) is 5.02 Å². The van der Waals surface area contributed by atoms with Gasteiger partial charge in [-0.2, -0.15) is 0 Å². The summed E-state index contributed by atoms with van der Waals surface area (Å²) in [6.45, 7) is 0. The summed E-state index contributed by atoms with van der Waals surface area (Å²) < 4.78 is 4.24. The summed E-state index contributed by atoms with van der Waals surface area (Å²) in [6, 6.07) is 4.80. The van der Waals surface area contributed by atoms with Gasteiger partial charge in [-0.1, -0.05) is 27.5 Å². The predicted molar refractivity (Wildman–Crippen MR) is 60.9 cm³/mol. The molecular formula is C9H7BrCl2O2. The van der Waals surface area contributed by atoms with E-state index in [1.165, 1.54) is 13.2 Å². The molecule has 14 heavy (non-hydrogen) atoms. The molecule has 0 spiro atoms. The standard InChI is InChI=1S/C9H7BrCl2O2/c1-14-7-3-2-5(11)4-6(7)8(13)9(10)12/h2-4,9H,1H3. The monoisotopic (exact) mass is 296 g/mol. The van der Waals surface area contributed by atoms with Crippen molar-refractivity contribution in [2.24, 2.45) is 0 Å². The van der Waals surface area contributed by atoms with E-state index in [1.807, 2.05) is 0 Å². The second-order valence-corrected chi connectivity index (χ2v) is 4.83. The topological polar surface area (TPSA) is 26.3 Å². The fraction of sp³-hybridized carbons (Fsp3) is 0.222. The third-order valence-electron chi connectivity index (χ3n) is 1.63. The Morgan fingerprint density at radius 1 is 1.57 bits per heavy atom. The molecule has 0 N–H and O–H groups in total. The van der Waals surface area contributed by atoms with E-state index in [0.717, 1.165) is 0 Å². The van der Waals surface area contributed by atoms with Gasteiger partial charge in [0.15, 0.2) is 10.1 Å². The third-order valence-corrected chi connectivity index (χ3v) is 2.47. The van der Waals surface area contributed by atoms with Crippen LogP contribution in [0, 0.1) is 0 Å². The van der Waals surface area contributed by atoms with E-state index in [-0.39, 0.29) is 5.78 Å². The van der Waals surface area contributed by atoms with Gasteiger partial charge in [0.25, 0.3) is 0 Å². The molecule has 1 rings (SSSR count). The Kier molecular flexibility index (Phi) is 4.23. The summed E-state index contributed by atoms with van der Waals surface area (Å²) in [5.74, 6) is 0.190. The van der Waals surface area contributed by atoms with Crippen LogP contribution in [0.2, 0.25) is 5.02 Å². The lowest BCUT2D eigenvalue weighted by atomic mass is 10.1. The Labute approximate surface area is 100 Å². The minimum atomic E-state index is -0.769. The highest BCUT2D eigenvalue weighted by atomic mass is 79.9. The highest BCUT2D eigenvalue weighted by molar-refractivity contribution is 9.10. The number of rotatable bonds is 3. The van der Waals surface area contributed by atoms with Gasteiger partial charge in [-0.15, -0.1) is 11.6 Å². The van der Waals surface area contributed by atoms with E-state index in [4.69, 9.17) is 27.9 Å². The zero-order valence-corrected chi connectivity index (χ0v) is 10.4. The van der Waals surface area contributed by atoms with Gasteiger partial charge in [0.2, 0.25) is 0 Å². The molecule has 1 unspecified atom stereocenters. The predicted octanol–water partition coefficient (Wildman–Crippen LogP) is 3.49. The maximum atomic E-state index is 11.6. The van der Waals surface area contributed by atoms with Crippen molar-refractivity contribution in [3.8, 4) is 5.75 Å². The van der Waals surface area contributed by atoms with Crippen LogP contribution in [0.1, 0.15) is 10.4 Å². The van der Waals surface area contributed by atoms with Crippen LogP contribution in [-0.2, 0) is 0 Å². The van der Waals surface area contributed by atoms with Crippen molar-refractivity contribution < 1.29 is 9.53 Å². The summed E-state index contributed by atoms with van der Waals surface area (Å²) in [7, 11) is 1.48. The molecule has 5 heteroatoms. The number of methoxy groups -OCH3 is 1. The van der Waals surface area contributed by atoms with Gasteiger partial charge in [0.1, 0.15) is 5.75 Å². The van der Waals surface area contributed by atoms with Crippen LogP contribution < -0.4 is 4.74 Å². The fourth-order valence-corrected chi connectivity index (χ4v) is 1.53. The number of hydrogen-bond donors (Lipinski definition) is 0. The van der Waals surface area contributed by atoms with Crippen molar-refractivity contribution in [2.45, 2.75) is 4.29 Å². The van der Waals surface area contributed by atoms with E-state index < -0.39 is 4.29 Å². The lowest BCUT2D eigenvalue weighted by Crippen LogP contribution is -2.09. The van der Waals surface area contributed by atoms with Crippen molar-refractivity contribution >= 4 is 44.9 Å². The number of hydrogen-bond acceptors (Lipinski definition) is 2. The molecule has 0 fully saturated rings. The summed E-state index contributed by atoms with van der Waals surface area (Å²) in [4.78, 5) is 11.6. The molecule has 2 nitrogen and oxygen atoms in total. The Bertz CT molecular complexity index is 353. The molecule has 0 aromatic heterocycles. The number of ketones is 1. The second kappa shape index (κ2) is 5.01. The molecule has 0 aliphatic heterocycles. The highest BCUT2D eigenvalue weighted by Gasteiger charge is 2.18. The molecule has 1 aromatic rings. The first kappa shape index (κ1) is 11.8. The lowest BCUT2D eigenvalue weighted by molar-refractivity contribution is 0.101. The van der Waals surface area contributed by atoms with Gasteiger partial charge in [-0.05, 0) is 18.2 Å². The van der Waals surface area contributed by atoms with Crippen molar-refractivity contribution in [2.75, 3.05) is 7.11 Å². The fourth-order valence-electron chi connectivity index (χ4n) is 0.990. The average molecular weight is 298 g/mol. The number of ether oxygens (including phenoxy) is 1. The van der Waals surface area contributed by atoms with Crippen molar-refractivity contribution in [3.05, 3.63) is 28.8 Å². The number of halogens is 3. The zero-order valence-electron chi connectivity index (χ0n) is 7.26. The van der Waals surface area contributed by atoms with Crippen molar-refractivity contribution in [3.63, 3.8) is 0 Å². The van der Waals surface area contributed by atoms with Gasteiger partial charge in [-0.3, -0.25) is 4.79 Å². The van der Waals surface area contributed by atoms with E-state index in [9.17, 15) is 4.79 Å². The number of alkyl halides is 2. The minimum Gasteiger partial charge on any atom is -0.496 e. The average Bonchev–Trinajstić information content (AvgIpc) is 2.16. The van der Waals surface area contributed by atoms with E-state index in [2.05, 4.69) is 15.9 Å². The SMILES string of the molecule is COc1ccc(Cl)cc1C(=O)C(Cl)Br. The summed E-state index contributed by atoms with van der Waals surface area (Å²) in [6.07, 6.45) is 0. The molecule has 1 atom stereocenters. The number of benzene rings is 1. The molecule has 0 aliphatic carbocycles. The first-order chi connectivity index (χ1) is 6.56. The second-order valence-electron chi connectivity index (χ2n) is 2.51. The number of carbonyl (C=O) groups excluding carboxylic acids is 1. The molecule has 0 aliphatic rings. The summed E-state index contributed by atoms with van der Waals surface area (Å²) in [5, 5.41) is 0.471. The molecule has 0 saturated heterocycles. The molecule has 0 radical (unpaired) electrons. The van der Waals surface area contributed by atoms with Crippen LogP contribution in [0.4, 0.5) is 0 Å². The highest BCUT2D eigenvalue weighted by Crippen LogP contribution is 2.26. The largest absolute Gasteiger partial charge is 0.496 e. The van der Waals surface area contributed by atoms with E-state index in [0.29, 0.717) is 16.3 Å². The Morgan fingerprint density at radius 3 is 2.71 bits per heavy atom. The lowest BCUT2D eigenvalue weighted by Gasteiger charge is -2.08. The molecule has 0 saturated carbocycles. The van der Waals surface area contributed by atoms with Gasteiger partial charge in [0.05, 0.1) is 12.7 Å². The smallest absolute Gasteiger partial charge is 0.195 e. The number of Topliss-reactive ketones (excluding diaryl/α,β-unsaturated/α-hetero) is 1. The number of carbonyl (C=O) groups is 1. The maximum Gasteiger partial charge on any atom is 0.195 e. The van der Waals surface area contributed by atoms with Crippen LogP contribution in [0.25, 0.3) is 0 Å². The summed E-state index contributed by atoms with van der Waals surface area (Å²) in [5.41, 5.74) is 0.372. The molecule has 0 heterocycles. The Balaban J connectivity index is 3.17. The van der Waals surface area contributed by atoms with Crippen molar-refractivity contribution in [1.29, 1.82) is 0 Å². The first-order valence-electron chi connectivity index (χ1n) is 3.72. The van der Waals surface area contributed by atoms with Crippen LogP contribution >= 0.6 is 39.1 Å².